The lowest BCUT2D eigenvalue weighted by atomic mass is 10.0. The lowest BCUT2D eigenvalue weighted by molar-refractivity contribution is -0.150. The van der Waals surface area contributed by atoms with Crippen molar-refractivity contribution in [2.45, 2.75) is 42.0 Å². The summed E-state index contributed by atoms with van der Waals surface area (Å²) in [6.07, 6.45) is 0.171. The number of carboxylic acid groups (broad SMARTS) is 1. The van der Waals surface area contributed by atoms with Crippen LogP contribution in [0.3, 0.4) is 0 Å². The van der Waals surface area contributed by atoms with E-state index in [0.29, 0.717) is 15.6 Å². The molecule has 2 amide bonds. The third-order valence-corrected chi connectivity index (χ3v) is 8.35. The molecular formula is C19H18N4O5S3. The van der Waals surface area contributed by atoms with Crippen molar-refractivity contribution in [1.82, 2.24) is 20.2 Å². The van der Waals surface area contributed by atoms with E-state index >= 15 is 0 Å². The molecule has 4 heterocycles. The summed E-state index contributed by atoms with van der Waals surface area (Å²) in [5.74, 6) is -1.98. The van der Waals surface area contributed by atoms with E-state index < -0.39 is 29.0 Å². The Balaban J connectivity index is 1.57. The first-order chi connectivity index (χ1) is 14.7. The van der Waals surface area contributed by atoms with Gasteiger partial charge in [-0.25, -0.2) is 9.59 Å². The average molecular weight is 479 g/mol. The minimum atomic E-state index is -1.24. The van der Waals surface area contributed by atoms with Gasteiger partial charge < -0.3 is 15.4 Å². The molecule has 1 saturated heterocycles. The number of hydrogen-bond acceptors (Lipinski definition) is 8. The zero-order valence-corrected chi connectivity index (χ0v) is 18.9. The Bertz CT molecular complexity index is 1140. The Morgan fingerprint density at radius 1 is 1.39 bits per heavy atom. The Kier molecular flexibility index (Phi) is 5.95. The number of amides is 2. The van der Waals surface area contributed by atoms with Crippen LogP contribution in [0.2, 0.25) is 0 Å². The number of thiophene rings is 1. The molecule has 3 N–H and O–H groups in total. The van der Waals surface area contributed by atoms with E-state index in [0.717, 1.165) is 16.6 Å². The number of carbonyl (C=O) groups is 3. The summed E-state index contributed by atoms with van der Waals surface area (Å²) in [7, 11) is 0. The second kappa shape index (κ2) is 8.52. The second-order valence-electron chi connectivity index (χ2n) is 7.01. The predicted octanol–water partition coefficient (Wildman–Crippen LogP) is 1.56. The number of carboxylic acids is 1. The molecule has 2 aromatic rings. The number of thioether (sulfide) groups is 2. The van der Waals surface area contributed by atoms with Gasteiger partial charge in [-0.3, -0.25) is 14.5 Å². The van der Waals surface area contributed by atoms with Crippen LogP contribution in [0.4, 0.5) is 0 Å². The second-order valence-corrected chi connectivity index (χ2v) is 10.6. The number of H-pyrrole nitrogens is 1. The molecule has 2 aromatic heterocycles. The summed E-state index contributed by atoms with van der Waals surface area (Å²) in [4.78, 5) is 57.8. The van der Waals surface area contributed by atoms with Gasteiger partial charge in [0, 0.05) is 20.7 Å². The molecule has 31 heavy (non-hydrogen) atoms. The van der Waals surface area contributed by atoms with E-state index in [-0.39, 0.29) is 23.3 Å². The fourth-order valence-electron chi connectivity index (χ4n) is 3.41. The predicted molar refractivity (Wildman–Crippen MR) is 118 cm³/mol. The smallest absolute Gasteiger partial charge is 0.353 e. The molecule has 0 bridgehead atoms. The van der Waals surface area contributed by atoms with Crippen LogP contribution >= 0.6 is 34.9 Å². The van der Waals surface area contributed by atoms with Crippen LogP contribution in [0.25, 0.3) is 0 Å². The van der Waals surface area contributed by atoms with E-state index in [9.17, 15) is 24.3 Å². The topological polar surface area (TPSA) is 132 Å². The first kappa shape index (κ1) is 21.7. The largest absolute Gasteiger partial charge is 0.477 e. The van der Waals surface area contributed by atoms with Gasteiger partial charge in [0.2, 0.25) is 5.91 Å². The highest BCUT2D eigenvalue weighted by atomic mass is 32.2. The van der Waals surface area contributed by atoms with Gasteiger partial charge in [-0.05, 0) is 31.4 Å². The Labute approximate surface area is 189 Å². The number of aromatic amines is 1. The minimum absolute atomic E-state index is 0.130. The highest BCUT2D eigenvalue weighted by Gasteiger charge is 2.55. The monoisotopic (exact) mass is 478 g/mol. The van der Waals surface area contributed by atoms with Crippen LogP contribution in [-0.4, -0.2) is 54.4 Å². The van der Waals surface area contributed by atoms with Crippen molar-refractivity contribution in [1.29, 1.82) is 0 Å². The number of aliphatic carboxylic acids is 1. The number of aryl methyl sites for hydroxylation is 1. The van der Waals surface area contributed by atoms with Crippen LogP contribution in [0.15, 0.2) is 44.0 Å². The zero-order chi connectivity index (χ0) is 22.3. The number of fused-ring (bicyclic) bond motifs is 1. The number of hydrogen-bond donors (Lipinski definition) is 3. The first-order valence-corrected chi connectivity index (χ1v) is 11.9. The highest BCUT2D eigenvalue weighted by Crippen LogP contribution is 2.48. The number of rotatable bonds is 6. The molecule has 162 valence electrons. The number of β-lactam (4-membered cyclic amide) rings is 1. The number of carbonyl (C=O) groups excluding carboxylic acids is 2. The first-order valence-electron chi connectivity index (χ1n) is 9.28. The molecule has 0 saturated carbocycles. The SMILES string of the molecule is Cc1cc(SC2=C(C(=O)O)N3C(=O)C(NC(=O)Cc4cccs4)[C@H]3SC2C)nc(=O)[nH]1. The van der Waals surface area contributed by atoms with Crippen molar-refractivity contribution < 1.29 is 19.5 Å². The molecule has 0 aliphatic carbocycles. The molecular weight excluding hydrogens is 460 g/mol. The lowest BCUT2D eigenvalue weighted by Gasteiger charge is -2.50. The maximum atomic E-state index is 12.8. The lowest BCUT2D eigenvalue weighted by Crippen LogP contribution is -2.71. The van der Waals surface area contributed by atoms with Crippen LogP contribution in [-0.2, 0) is 20.8 Å². The Morgan fingerprint density at radius 2 is 2.16 bits per heavy atom. The summed E-state index contributed by atoms with van der Waals surface area (Å²) in [6, 6.07) is 4.56. The molecule has 0 aromatic carbocycles. The molecule has 4 rings (SSSR count). The van der Waals surface area contributed by atoms with Crippen molar-refractivity contribution in [3.63, 3.8) is 0 Å². The molecule has 0 radical (unpaired) electrons. The average Bonchev–Trinajstić information content (AvgIpc) is 3.19. The Hall–Kier alpha value is -2.57. The number of aromatic nitrogens is 2. The van der Waals surface area contributed by atoms with Gasteiger partial charge in [0.05, 0.1) is 6.42 Å². The van der Waals surface area contributed by atoms with Crippen molar-refractivity contribution in [3.05, 3.63) is 55.2 Å². The van der Waals surface area contributed by atoms with Crippen molar-refractivity contribution in [2.75, 3.05) is 0 Å². The van der Waals surface area contributed by atoms with Gasteiger partial charge in [-0.1, -0.05) is 17.8 Å². The number of nitrogens with one attached hydrogen (secondary N) is 2. The van der Waals surface area contributed by atoms with Crippen LogP contribution < -0.4 is 11.0 Å². The van der Waals surface area contributed by atoms with Crippen LogP contribution in [0.5, 0.6) is 0 Å². The third-order valence-electron chi connectivity index (χ3n) is 4.73. The fourth-order valence-corrected chi connectivity index (χ4v) is 6.79. The van der Waals surface area contributed by atoms with Crippen LogP contribution in [0, 0.1) is 6.92 Å². The molecule has 3 atom stereocenters. The van der Waals surface area contributed by atoms with Gasteiger partial charge in [0.25, 0.3) is 5.91 Å². The summed E-state index contributed by atoms with van der Waals surface area (Å²) in [5.41, 5.74) is -0.0558. The maximum Gasteiger partial charge on any atom is 0.353 e. The summed E-state index contributed by atoms with van der Waals surface area (Å²) in [6.45, 7) is 3.54. The van der Waals surface area contributed by atoms with Crippen LogP contribution in [0.1, 0.15) is 17.5 Å². The van der Waals surface area contributed by atoms with E-state index in [1.807, 2.05) is 24.4 Å². The number of nitrogens with zero attached hydrogens (tertiary/aromatic N) is 2. The standard InChI is InChI=1S/C19H18N4O5S3/c1-8-6-12(22-19(28)20-8)31-15-9(2)30-17-13(16(25)23(17)14(15)18(26)27)21-11(24)7-10-4-3-5-29-10/h3-6,9,13,17H,7H2,1-2H3,(H,21,24)(H,26,27)(H,20,22,28)/t9?,13?,17-/m1/s1. The molecule has 12 heteroatoms. The molecule has 9 nitrogen and oxygen atoms in total. The van der Waals surface area contributed by atoms with Gasteiger partial charge in [0.1, 0.15) is 22.1 Å². The van der Waals surface area contributed by atoms with Crippen molar-refractivity contribution in [3.8, 4) is 0 Å². The van der Waals surface area contributed by atoms with E-state index in [1.165, 1.54) is 28.0 Å². The Morgan fingerprint density at radius 3 is 2.81 bits per heavy atom. The van der Waals surface area contributed by atoms with E-state index in [4.69, 9.17) is 0 Å². The van der Waals surface area contributed by atoms with Gasteiger partial charge in [-0.2, -0.15) is 4.98 Å². The molecule has 2 aliphatic heterocycles. The summed E-state index contributed by atoms with van der Waals surface area (Å²) >= 11 is 3.91. The highest BCUT2D eigenvalue weighted by molar-refractivity contribution is 8.06. The maximum absolute atomic E-state index is 12.8. The quantitative estimate of drug-likeness (QED) is 0.421. The fraction of sp³-hybridized carbons (Fsp3) is 0.316. The molecule has 2 unspecified atom stereocenters. The molecule has 0 spiro atoms. The molecule has 1 fully saturated rings. The van der Waals surface area contributed by atoms with Gasteiger partial charge in [-0.15, -0.1) is 23.1 Å². The van der Waals surface area contributed by atoms with Crippen molar-refractivity contribution in [2.24, 2.45) is 0 Å². The van der Waals surface area contributed by atoms with Gasteiger partial charge in [0.15, 0.2) is 0 Å². The van der Waals surface area contributed by atoms with Crippen molar-refractivity contribution >= 4 is 52.6 Å². The summed E-state index contributed by atoms with van der Waals surface area (Å²) in [5, 5.41) is 14.0. The zero-order valence-electron chi connectivity index (χ0n) is 16.4. The van der Waals surface area contributed by atoms with E-state index in [1.54, 1.807) is 13.0 Å². The normalized spacial score (nSPS) is 22.7. The van der Waals surface area contributed by atoms with E-state index in [2.05, 4.69) is 15.3 Å². The van der Waals surface area contributed by atoms with Gasteiger partial charge >= 0.3 is 11.7 Å². The minimum Gasteiger partial charge on any atom is -0.477 e. The molecule has 2 aliphatic rings. The summed E-state index contributed by atoms with van der Waals surface area (Å²) < 4.78 is 0. The third kappa shape index (κ3) is 4.27.